The molecule has 0 fully saturated rings. The van der Waals surface area contributed by atoms with E-state index in [-0.39, 0.29) is 17.7 Å². The molecule has 0 atom stereocenters. The number of Topliss-reactive ketones (excluding diaryl/α,β-unsaturated/α-hetero) is 1. The van der Waals surface area contributed by atoms with Crippen molar-refractivity contribution in [1.29, 1.82) is 0 Å². The highest BCUT2D eigenvalue weighted by Gasteiger charge is 2.10. The van der Waals surface area contributed by atoms with Crippen LogP contribution < -0.4 is 0 Å². The predicted molar refractivity (Wildman–Crippen MR) is 47.7 cm³/mol. The summed E-state index contributed by atoms with van der Waals surface area (Å²) in [7, 11) is 0. The van der Waals surface area contributed by atoms with Gasteiger partial charge in [-0.05, 0) is 0 Å². The number of nitrogens with zero attached hydrogens (tertiary/aromatic N) is 1. The SMILES string of the molecule is O=[C]CC(=O)c1cccc([N+](=O)[O-])c1. The average Bonchev–Trinajstić information content (AvgIpc) is 2.18. The second kappa shape index (κ2) is 4.27. The first-order chi connectivity index (χ1) is 6.65. The lowest BCUT2D eigenvalue weighted by Gasteiger charge is -1.95. The van der Waals surface area contributed by atoms with Crippen LogP contribution in [0.5, 0.6) is 0 Å². The summed E-state index contributed by atoms with van der Waals surface area (Å²) in [6, 6.07) is 5.24. The van der Waals surface area contributed by atoms with Crippen LogP contribution in [0.15, 0.2) is 24.3 Å². The van der Waals surface area contributed by atoms with Crippen LogP contribution in [0.2, 0.25) is 0 Å². The van der Waals surface area contributed by atoms with Crippen LogP contribution in [-0.4, -0.2) is 17.0 Å². The van der Waals surface area contributed by atoms with Crippen LogP contribution in [0.25, 0.3) is 0 Å². The lowest BCUT2D eigenvalue weighted by molar-refractivity contribution is -0.384. The molecule has 0 amide bonds. The van der Waals surface area contributed by atoms with E-state index in [1.807, 2.05) is 0 Å². The maximum Gasteiger partial charge on any atom is 0.270 e. The van der Waals surface area contributed by atoms with E-state index in [0.29, 0.717) is 0 Å². The summed E-state index contributed by atoms with van der Waals surface area (Å²) in [6.45, 7) is 0. The molecular weight excluding hydrogens is 186 g/mol. The molecule has 0 bridgehead atoms. The molecule has 14 heavy (non-hydrogen) atoms. The third-order valence-electron chi connectivity index (χ3n) is 1.61. The number of hydrogen-bond donors (Lipinski definition) is 0. The van der Waals surface area contributed by atoms with Crippen molar-refractivity contribution < 1.29 is 14.5 Å². The number of nitro groups is 1. The van der Waals surface area contributed by atoms with Crippen molar-refractivity contribution in [2.75, 3.05) is 0 Å². The summed E-state index contributed by atoms with van der Waals surface area (Å²) in [6.07, 6.45) is 1.07. The van der Waals surface area contributed by atoms with Crippen molar-refractivity contribution in [3.05, 3.63) is 39.9 Å². The van der Waals surface area contributed by atoms with Gasteiger partial charge in [-0.1, -0.05) is 12.1 Å². The molecule has 1 aromatic carbocycles. The molecule has 5 nitrogen and oxygen atoms in total. The van der Waals surface area contributed by atoms with Crippen molar-refractivity contribution in [2.24, 2.45) is 0 Å². The van der Waals surface area contributed by atoms with Crippen LogP contribution in [0.1, 0.15) is 16.8 Å². The number of non-ortho nitro benzene ring substituents is 1. The Bertz CT molecular complexity index is 386. The second-order valence-corrected chi connectivity index (χ2v) is 2.55. The first-order valence-corrected chi connectivity index (χ1v) is 3.78. The van der Waals surface area contributed by atoms with E-state index in [0.717, 1.165) is 6.07 Å². The van der Waals surface area contributed by atoms with Gasteiger partial charge >= 0.3 is 0 Å². The molecule has 0 aromatic heterocycles. The van der Waals surface area contributed by atoms with Crippen molar-refractivity contribution >= 4 is 17.8 Å². The van der Waals surface area contributed by atoms with Gasteiger partial charge in [0.15, 0.2) is 5.78 Å². The van der Waals surface area contributed by atoms with Crippen molar-refractivity contribution in [3.63, 3.8) is 0 Å². The second-order valence-electron chi connectivity index (χ2n) is 2.55. The quantitative estimate of drug-likeness (QED) is 0.311. The zero-order valence-corrected chi connectivity index (χ0v) is 7.10. The first kappa shape index (κ1) is 10.0. The van der Waals surface area contributed by atoms with Crippen molar-refractivity contribution in [3.8, 4) is 0 Å². The Balaban J connectivity index is 2.99. The van der Waals surface area contributed by atoms with Gasteiger partial charge in [0, 0.05) is 17.7 Å². The van der Waals surface area contributed by atoms with Crippen LogP contribution in [0.3, 0.4) is 0 Å². The maximum atomic E-state index is 11.1. The van der Waals surface area contributed by atoms with E-state index in [1.54, 1.807) is 0 Å². The standard InChI is InChI=1S/C9H6NO4/c11-5-4-9(12)7-2-1-3-8(6-7)10(13)14/h1-3,6H,4H2. The van der Waals surface area contributed by atoms with Gasteiger partial charge in [0.1, 0.15) is 0 Å². The molecule has 0 unspecified atom stereocenters. The van der Waals surface area contributed by atoms with E-state index in [9.17, 15) is 19.7 Å². The zero-order chi connectivity index (χ0) is 10.6. The Morgan fingerprint density at radius 2 is 2.21 bits per heavy atom. The van der Waals surface area contributed by atoms with Gasteiger partial charge in [0.05, 0.1) is 11.3 Å². The fraction of sp³-hybridized carbons (Fsp3) is 0.111. The molecule has 0 saturated heterocycles. The number of carbonyl (C=O) groups is 1. The van der Waals surface area contributed by atoms with Gasteiger partial charge in [-0.15, -0.1) is 0 Å². The minimum atomic E-state index is -0.596. The van der Waals surface area contributed by atoms with Crippen molar-refractivity contribution in [1.82, 2.24) is 0 Å². The Hall–Kier alpha value is -2.04. The Morgan fingerprint density at radius 3 is 2.79 bits per heavy atom. The van der Waals surface area contributed by atoms with Crippen molar-refractivity contribution in [2.45, 2.75) is 6.42 Å². The smallest absolute Gasteiger partial charge is 0.270 e. The van der Waals surface area contributed by atoms with Crippen LogP contribution in [0, 0.1) is 10.1 Å². The molecule has 0 heterocycles. The lowest BCUT2D eigenvalue weighted by Crippen LogP contribution is -2.00. The summed E-state index contributed by atoms with van der Waals surface area (Å²) >= 11 is 0. The summed E-state index contributed by atoms with van der Waals surface area (Å²) in [4.78, 5) is 30.8. The molecule has 71 valence electrons. The largest absolute Gasteiger partial charge is 0.294 e. The lowest BCUT2D eigenvalue weighted by atomic mass is 10.1. The normalized spacial score (nSPS) is 9.43. The molecule has 0 aliphatic carbocycles. The van der Waals surface area contributed by atoms with Gasteiger partial charge < -0.3 is 0 Å². The van der Waals surface area contributed by atoms with E-state index >= 15 is 0 Å². The monoisotopic (exact) mass is 192 g/mol. The first-order valence-electron chi connectivity index (χ1n) is 3.78. The van der Waals surface area contributed by atoms with Crippen LogP contribution >= 0.6 is 0 Å². The molecule has 5 heteroatoms. The summed E-state index contributed by atoms with van der Waals surface area (Å²) in [5.41, 5.74) is -0.00991. The van der Waals surface area contributed by atoms with Gasteiger partial charge in [-0.25, -0.2) is 0 Å². The minimum absolute atomic E-state index is 0.155. The fourth-order valence-electron chi connectivity index (χ4n) is 0.961. The summed E-state index contributed by atoms with van der Waals surface area (Å²) < 4.78 is 0. The number of hydrogen-bond acceptors (Lipinski definition) is 4. The van der Waals surface area contributed by atoms with Gasteiger partial charge in [-0.3, -0.25) is 19.7 Å². The highest BCUT2D eigenvalue weighted by atomic mass is 16.6. The number of rotatable bonds is 4. The number of ketones is 1. The van der Waals surface area contributed by atoms with Gasteiger partial charge in [0.2, 0.25) is 6.29 Å². The molecule has 0 spiro atoms. The predicted octanol–water partition coefficient (Wildman–Crippen LogP) is 1.28. The topological polar surface area (TPSA) is 77.3 Å². The maximum absolute atomic E-state index is 11.1. The zero-order valence-electron chi connectivity index (χ0n) is 7.10. The number of carbonyl (C=O) groups excluding carboxylic acids is 2. The third kappa shape index (κ3) is 2.22. The van der Waals surface area contributed by atoms with Crippen LogP contribution in [0.4, 0.5) is 5.69 Å². The Labute approximate surface area is 79.5 Å². The van der Waals surface area contributed by atoms with E-state index in [2.05, 4.69) is 0 Å². The van der Waals surface area contributed by atoms with E-state index in [4.69, 9.17) is 0 Å². The molecule has 1 radical (unpaired) electrons. The Kier molecular flexibility index (Phi) is 3.06. The molecule has 1 aromatic rings. The summed E-state index contributed by atoms with van der Waals surface area (Å²) in [5.74, 6) is -0.469. The molecule has 0 saturated carbocycles. The molecular formula is C9H6NO4. The van der Waals surface area contributed by atoms with Gasteiger partial charge in [0.25, 0.3) is 5.69 Å². The van der Waals surface area contributed by atoms with Crippen LogP contribution in [-0.2, 0) is 4.79 Å². The highest BCUT2D eigenvalue weighted by molar-refractivity contribution is 6.03. The molecule has 0 aliphatic rings. The van der Waals surface area contributed by atoms with Gasteiger partial charge in [-0.2, -0.15) is 0 Å². The molecule has 1 rings (SSSR count). The highest BCUT2D eigenvalue weighted by Crippen LogP contribution is 2.13. The number of nitro benzene ring substituents is 1. The van der Waals surface area contributed by atoms with E-state index < -0.39 is 10.7 Å². The summed E-state index contributed by atoms with van der Waals surface area (Å²) in [5, 5.41) is 10.4. The molecule has 0 N–H and O–H groups in total. The average molecular weight is 192 g/mol. The fourth-order valence-corrected chi connectivity index (χ4v) is 0.961. The number of benzene rings is 1. The Morgan fingerprint density at radius 1 is 1.50 bits per heavy atom. The minimum Gasteiger partial charge on any atom is -0.294 e. The molecule has 0 aliphatic heterocycles. The van der Waals surface area contributed by atoms with E-state index in [1.165, 1.54) is 24.5 Å². The third-order valence-corrected chi connectivity index (χ3v) is 1.61.